The predicted octanol–water partition coefficient (Wildman–Crippen LogP) is -0.860. The molecule has 0 fully saturated rings. The van der Waals surface area contributed by atoms with E-state index >= 15 is 0 Å². The Kier molecular flexibility index (Phi) is 7.42. The van der Waals surface area contributed by atoms with Gasteiger partial charge in [-0.1, -0.05) is 0 Å². The van der Waals surface area contributed by atoms with E-state index in [4.69, 9.17) is 10.9 Å². The van der Waals surface area contributed by atoms with Crippen LogP contribution in [0.1, 0.15) is 18.9 Å². The lowest BCUT2D eigenvalue weighted by Gasteiger charge is -2.18. The van der Waals surface area contributed by atoms with Gasteiger partial charge in [0.1, 0.15) is 11.9 Å². The van der Waals surface area contributed by atoms with Crippen molar-refractivity contribution in [2.24, 2.45) is 5.73 Å². The quantitative estimate of drug-likeness (QED) is 0.294. The molecule has 0 bridgehead atoms. The number of amides is 2. The summed E-state index contributed by atoms with van der Waals surface area (Å²) in [5.41, 5.74) is 6.85. The molecule has 2 atom stereocenters. The molecule has 1 rings (SSSR count). The van der Waals surface area contributed by atoms with Crippen LogP contribution in [0, 0.1) is 12.7 Å². The highest BCUT2D eigenvalue weighted by atomic mass is 32.2. The van der Waals surface area contributed by atoms with Gasteiger partial charge in [-0.05, 0) is 44.0 Å². The number of hydroxylamine groups is 1. The van der Waals surface area contributed by atoms with Gasteiger partial charge in [-0.15, -0.1) is 0 Å². The fraction of sp³-hybridized carbons (Fsp3) is 0.429. The zero-order valence-corrected chi connectivity index (χ0v) is 14.6. The van der Waals surface area contributed by atoms with E-state index in [-0.39, 0.29) is 23.4 Å². The molecule has 0 aliphatic rings. The molecule has 0 saturated heterocycles. The molecule has 6 N–H and O–H groups in total. The maximum absolute atomic E-state index is 13.3. The van der Waals surface area contributed by atoms with Crippen molar-refractivity contribution in [2.75, 3.05) is 6.54 Å². The van der Waals surface area contributed by atoms with E-state index < -0.39 is 39.7 Å². The number of hydrogen-bond donors (Lipinski definition) is 5. The van der Waals surface area contributed by atoms with Crippen molar-refractivity contribution in [3.05, 3.63) is 29.6 Å². The Hall–Kier alpha value is -2.08. The second-order valence-electron chi connectivity index (χ2n) is 5.43. The van der Waals surface area contributed by atoms with Gasteiger partial charge in [0.25, 0.3) is 5.91 Å². The molecule has 9 nitrogen and oxygen atoms in total. The zero-order valence-electron chi connectivity index (χ0n) is 13.7. The van der Waals surface area contributed by atoms with Crippen molar-refractivity contribution in [1.29, 1.82) is 0 Å². The number of aryl methyl sites for hydroxylation is 1. The second kappa shape index (κ2) is 8.85. The van der Waals surface area contributed by atoms with Crippen molar-refractivity contribution in [3.63, 3.8) is 0 Å². The van der Waals surface area contributed by atoms with E-state index in [1.807, 2.05) is 0 Å². The standard InChI is InChI=1S/C14H21FN4O5S/c1-8-7-10(3-4-11(8)15)25(23,24)19-12(14(21)18-22)5-6-17-13(20)9(2)16/h3-4,7,9,12,19,22H,5-6,16H2,1-2H3,(H,17,20)(H,18,21)/t9-,12?/m1/s1. The smallest absolute Gasteiger partial charge is 0.261 e. The third kappa shape index (κ3) is 6.05. The summed E-state index contributed by atoms with van der Waals surface area (Å²) in [4.78, 5) is 22.8. The summed E-state index contributed by atoms with van der Waals surface area (Å²) in [6.07, 6.45) is -0.135. The van der Waals surface area contributed by atoms with Gasteiger partial charge in [0.2, 0.25) is 15.9 Å². The van der Waals surface area contributed by atoms with Crippen LogP contribution in [0.15, 0.2) is 23.1 Å². The van der Waals surface area contributed by atoms with Crippen LogP contribution in [-0.4, -0.2) is 44.1 Å². The van der Waals surface area contributed by atoms with Crippen LogP contribution < -0.4 is 21.3 Å². The monoisotopic (exact) mass is 376 g/mol. The molecule has 1 unspecified atom stereocenters. The van der Waals surface area contributed by atoms with Crippen molar-refractivity contribution < 1.29 is 27.6 Å². The highest BCUT2D eigenvalue weighted by Crippen LogP contribution is 2.15. The maximum atomic E-state index is 13.3. The minimum Gasteiger partial charge on any atom is -0.355 e. The predicted molar refractivity (Wildman–Crippen MR) is 86.5 cm³/mol. The van der Waals surface area contributed by atoms with Crippen LogP contribution in [0.2, 0.25) is 0 Å². The molecule has 0 aliphatic carbocycles. The third-order valence-corrected chi connectivity index (χ3v) is 4.78. The molecule has 0 spiro atoms. The molecule has 1 aromatic carbocycles. The normalized spacial score (nSPS) is 13.8. The average Bonchev–Trinajstić information content (AvgIpc) is 2.55. The molecule has 0 aromatic heterocycles. The fourth-order valence-electron chi connectivity index (χ4n) is 1.86. The Balaban J connectivity index is 2.87. The number of halogens is 1. The van der Waals surface area contributed by atoms with E-state index in [1.165, 1.54) is 19.3 Å². The van der Waals surface area contributed by atoms with Crippen LogP contribution in [0.5, 0.6) is 0 Å². The highest BCUT2D eigenvalue weighted by molar-refractivity contribution is 7.89. The van der Waals surface area contributed by atoms with Crippen LogP contribution in [0.4, 0.5) is 4.39 Å². The number of benzene rings is 1. The summed E-state index contributed by atoms with van der Waals surface area (Å²) in [7, 11) is -4.15. The molecule has 0 aliphatic heterocycles. The molecule has 140 valence electrons. The third-order valence-electron chi connectivity index (χ3n) is 3.31. The van der Waals surface area contributed by atoms with Crippen molar-refractivity contribution in [1.82, 2.24) is 15.5 Å². The van der Waals surface area contributed by atoms with Crippen molar-refractivity contribution >= 4 is 21.8 Å². The van der Waals surface area contributed by atoms with Gasteiger partial charge in [-0.2, -0.15) is 4.72 Å². The van der Waals surface area contributed by atoms with Gasteiger partial charge in [0.15, 0.2) is 0 Å². The fourth-order valence-corrected chi connectivity index (χ4v) is 3.18. The minimum absolute atomic E-state index is 0.0522. The Morgan fingerprint density at radius 3 is 2.48 bits per heavy atom. The molecule has 1 aromatic rings. The molecule has 2 amide bonds. The van der Waals surface area contributed by atoms with Crippen LogP contribution in [0.3, 0.4) is 0 Å². The first kappa shape index (κ1) is 21.0. The first-order chi connectivity index (χ1) is 11.6. The largest absolute Gasteiger partial charge is 0.355 e. The number of carbonyl (C=O) groups is 2. The SMILES string of the molecule is Cc1cc(S(=O)(=O)NC(CCNC(=O)[C@@H](C)N)C(=O)NO)ccc1F. The molecule has 0 heterocycles. The number of nitrogens with one attached hydrogen (secondary N) is 3. The number of sulfonamides is 1. The van der Waals surface area contributed by atoms with Crippen LogP contribution >= 0.6 is 0 Å². The highest BCUT2D eigenvalue weighted by Gasteiger charge is 2.26. The number of hydrogen-bond acceptors (Lipinski definition) is 6. The van der Waals surface area contributed by atoms with E-state index in [9.17, 15) is 22.4 Å². The topological polar surface area (TPSA) is 151 Å². The Bertz CT molecular complexity index is 739. The first-order valence-corrected chi connectivity index (χ1v) is 8.82. The molecular weight excluding hydrogens is 355 g/mol. The summed E-state index contributed by atoms with van der Waals surface area (Å²) in [6, 6.07) is 1.05. The van der Waals surface area contributed by atoms with Crippen LogP contribution in [0.25, 0.3) is 0 Å². The van der Waals surface area contributed by atoms with Crippen LogP contribution in [-0.2, 0) is 19.6 Å². The average molecular weight is 376 g/mol. The van der Waals surface area contributed by atoms with Gasteiger partial charge in [0, 0.05) is 6.54 Å². The van der Waals surface area contributed by atoms with Crippen molar-refractivity contribution in [2.45, 2.75) is 37.2 Å². The zero-order chi connectivity index (χ0) is 19.2. The Morgan fingerprint density at radius 1 is 1.32 bits per heavy atom. The van der Waals surface area contributed by atoms with Crippen molar-refractivity contribution in [3.8, 4) is 0 Å². The first-order valence-electron chi connectivity index (χ1n) is 7.34. The van der Waals surface area contributed by atoms with Gasteiger partial charge in [-0.25, -0.2) is 18.3 Å². The minimum atomic E-state index is -4.15. The van der Waals surface area contributed by atoms with Gasteiger partial charge in [0.05, 0.1) is 10.9 Å². The summed E-state index contributed by atoms with van der Waals surface area (Å²) in [5, 5.41) is 11.2. The maximum Gasteiger partial charge on any atom is 0.261 e. The summed E-state index contributed by atoms with van der Waals surface area (Å²) in [5.74, 6) is -2.04. The van der Waals surface area contributed by atoms with E-state index in [0.29, 0.717) is 0 Å². The van der Waals surface area contributed by atoms with Gasteiger partial charge < -0.3 is 11.1 Å². The Labute approximate surface area is 144 Å². The Morgan fingerprint density at radius 2 is 1.96 bits per heavy atom. The lowest BCUT2D eigenvalue weighted by atomic mass is 10.2. The summed E-state index contributed by atoms with van der Waals surface area (Å²) in [6.45, 7) is 2.81. The van der Waals surface area contributed by atoms with E-state index in [1.54, 1.807) is 0 Å². The molecule has 25 heavy (non-hydrogen) atoms. The lowest BCUT2D eigenvalue weighted by molar-refractivity contribution is -0.131. The van der Waals surface area contributed by atoms with E-state index in [0.717, 1.165) is 18.2 Å². The molecular formula is C14H21FN4O5S. The van der Waals surface area contributed by atoms with Gasteiger partial charge in [-0.3, -0.25) is 14.8 Å². The number of rotatable bonds is 8. The molecule has 11 heteroatoms. The summed E-state index contributed by atoms with van der Waals surface area (Å²) >= 11 is 0. The number of nitrogens with two attached hydrogens (primary N) is 1. The van der Waals surface area contributed by atoms with Gasteiger partial charge >= 0.3 is 0 Å². The lowest BCUT2D eigenvalue weighted by Crippen LogP contribution is -2.48. The summed E-state index contributed by atoms with van der Waals surface area (Å²) < 4.78 is 40.0. The molecule has 0 radical (unpaired) electrons. The van der Waals surface area contributed by atoms with E-state index in [2.05, 4.69) is 10.0 Å². The molecule has 0 saturated carbocycles. The number of carbonyl (C=O) groups excluding carboxylic acids is 2. The second-order valence-corrected chi connectivity index (χ2v) is 7.14.